The largest absolute Gasteiger partial charge is 0.387 e. The number of aliphatic hydroxyl groups is 1. The average Bonchev–Trinajstić information content (AvgIpc) is 3.14. The number of anilines is 1. The van der Waals surface area contributed by atoms with Crippen LogP contribution in [0.15, 0.2) is 29.6 Å². The van der Waals surface area contributed by atoms with Gasteiger partial charge in [-0.15, -0.1) is 11.3 Å². The number of aromatic nitrogens is 1. The molecule has 1 unspecified atom stereocenters. The van der Waals surface area contributed by atoms with Gasteiger partial charge in [0.15, 0.2) is 5.13 Å². The van der Waals surface area contributed by atoms with Crippen LogP contribution in [-0.4, -0.2) is 41.7 Å². The lowest BCUT2D eigenvalue weighted by atomic mass is 9.86. The minimum atomic E-state index is -0.768. The van der Waals surface area contributed by atoms with Crippen LogP contribution in [0.5, 0.6) is 0 Å². The molecule has 1 aromatic carbocycles. The van der Waals surface area contributed by atoms with Gasteiger partial charge in [-0.3, -0.25) is 9.69 Å². The summed E-state index contributed by atoms with van der Waals surface area (Å²) in [6.07, 6.45) is 0.216. The van der Waals surface area contributed by atoms with Crippen LogP contribution in [0.3, 0.4) is 0 Å². The fourth-order valence-corrected chi connectivity index (χ4v) is 3.92. The molecule has 1 aliphatic rings. The van der Waals surface area contributed by atoms with Gasteiger partial charge in [-0.25, -0.2) is 9.78 Å². The molecule has 3 N–H and O–H groups in total. The number of carbonyl (C=O) groups is 2. The summed E-state index contributed by atoms with van der Waals surface area (Å²) in [6, 6.07) is 7.66. The monoisotopic (exact) mass is 416 g/mol. The van der Waals surface area contributed by atoms with Crippen LogP contribution in [0.1, 0.15) is 50.1 Å². The molecule has 156 valence electrons. The van der Waals surface area contributed by atoms with E-state index >= 15 is 0 Å². The SMILES string of the molecule is CC(C)(C)c1ccc(C(O)CNC(=O)Cc2csc(N3CCCNC3=O)n2)cc1. The molecule has 1 aromatic heterocycles. The van der Waals surface area contributed by atoms with Crippen molar-refractivity contribution in [2.75, 3.05) is 24.5 Å². The van der Waals surface area contributed by atoms with E-state index in [0.717, 1.165) is 12.0 Å². The van der Waals surface area contributed by atoms with Crippen molar-refractivity contribution in [1.82, 2.24) is 15.6 Å². The Hall–Kier alpha value is -2.45. The third-order valence-electron chi connectivity index (χ3n) is 4.85. The molecule has 1 fully saturated rings. The lowest BCUT2D eigenvalue weighted by Gasteiger charge is -2.24. The van der Waals surface area contributed by atoms with Crippen molar-refractivity contribution in [3.63, 3.8) is 0 Å². The predicted molar refractivity (Wildman–Crippen MR) is 114 cm³/mol. The highest BCUT2D eigenvalue weighted by Gasteiger charge is 2.22. The van der Waals surface area contributed by atoms with Crippen LogP contribution in [0.4, 0.5) is 9.93 Å². The third-order valence-corrected chi connectivity index (χ3v) is 5.76. The zero-order valence-electron chi connectivity index (χ0n) is 17.1. The van der Waals surface area contributed by atoms with Crippen LogP contribution in [0, 0.1) is 0 Å². The molecule has 1 aliphatic heterocycles. The van der Waals surface area contributed by atoms with E-state index in [0.29, 0.717) is 23.9 Å². The molecular formula is C21H28N4O3S. The number of benzene rings is 1. The lowest BCUT2D eigenvalue weighted by Crippen LogP contribution is -2.46. The Morgan fingerprint density at radius 3 is 2.72 bits per heavy atom. The number of thiazole rings is 1. The zero-order valence-corrected chi connectivity index (χ0v) is 17.9. The summed E-state index contributed by atoms with van der Waals surface area (Å²) in [5.74, 6) is -0.213. The molecule has 0 aliphatic carbocycles. The number of nitrogens with zero attached hydrogens (tertiary/aromatic N) is 2. The van der Waals surface area contributed by atoms with E-state index in [2.05, 4.69) is 36.4 Å². The van der Waals surface area contributed by atoms with E-state index in [4.69, 9.17) is 0 Å². The molecule has 29 heavy (non-hydrogen) atoms. The molecule has 2 aromatic rings. The Kier molecular flexibility index (Phi) is 6.54. The maximum absolute atomic E-state index is 12.2. The van der Waals surface area contributed by atoms with Gasteiger partial charge in [0.2, 0.25) is 5.91 Å². The fourth-order valence-electron chi connectivity index (χ4n) is 3.07. The molecule has 7 nitrogen and oxygen atoms in total. The minimum Gasteiger partial charge on any atom is -0.387 e. The van der Waals surface area contributed by atoms with E-state index in [9.17, 15) is 14.7 Å². The number of urea groups is 1. The number of amides is 3. The smallest absolute Gasteiger partial charge is 0.323 e. The second-order valence-corrected chi connectivity index (χ2v) is 9.06. The van der Waals surface area contributed by atoms with Gasteiger partial charge in [0.1, 0.15) is 0 Å². The van der Waals surface area contributed by atoms with Crippen LogP contribution in [0.2, 0.25) is 0 Å². The van der Waals surface area contributed by atoms with E-state index in [-0.39, 0.29) is 30.3 Å². The van der Waals surface area contributed by atoms with Crippen molar-refractivity contribution in [2.24, 2.45) is 0 Å². The van der Waals surface area contributed by atoms with Crippen molar-refractivity contribution < 1.29 is 14.7 Å². The standard InChI is InChI=1S/C21H28N4O3S/c1-21(2,3)15-7-5-14(6-8-15)17(26)12-23-18(27)11-16-13-29-20(24-16)25-10-4-9-22-19(25)28/h5-8,13,17,26H,4,9-12H2,1-3H3,(H,22,28)(H,23,27). The first-order valence-electron chi connectivity index (χ1n) is 9.79. The second-order valence-electron chi connectivity index (χ2n) is 8.23. The van der Waals surface area contributed by atoms with Gasteiger partial charge in [0.25, 0.3) is 0 Å². The molecular weight excluding hydrogens is 388 g/mol. The molecule has 0 bridgehead atoms. The van der Waals surface area contributed by atoms with Gasteiger partial charge < -0.3 is 15.7 Å². The number of aliphatic hydroxyl groups excluding tert-OH is 1. The Bertz CT molecular complexity index is 858. The van der Waals surface area contributed by atoms with Crippen LogP contribution >= 0.6 is 11.3 Å². The number of hydrogen-bond acceptors (Lipinski definition) is 5. The maximum atomic E-state index is 12.2. The number of nitrogens with one attached hydrogen (secondary N) is 2. The van der Waals surface area contributed by atoms with Gasteiger partial charge in [0, 0.05) is 25.0 Å². The van der Waals surface area contributed by atoms with Gasteiger partial charge >= 0.3 is 6.03 Å². The molecule has 2 heterocycles. The van der Waals surface area contributed by atoms with Crippen molar-refractivity contribution in [3.05, 3.63) is 46.5 Å². The highest BCUT2D eigenvalue weighted by Crippen LogP contribution is 2.24. The molecule has 3 rings (SSSR count). The molecule has 3 amide bonds. The van der Waals surface area contributed by atoms with Crippen molar-refractivity contribution in [1.29, 1.82) is 0 Å². The molecule has 1 atom stereocenters. The molecule has 0 radical (unpaired) electrons. The summed E-state index contributed by atoms with van der Waals surface area (Å²) in [7, 11) is 0. The summed E-state index contributed by atoms with van der Waals surface area (Å²) >= 11 is 1.35. The minimum absolute atomic E-state index is 0.0545. The third kappa shape index (κ3) is 5.55. The van der Waals surface area contributed by atoms with Gasteiger partial charge in [0.05, 0.1) is 18.2 Å². The predicted octanol–water partition coefficient (Wildman–Crippen LogP) is 2.75. The molecule has 1 saturated heterocycles. The first-order chi connectivity index (χ1) is 13.7. The van der Waals surface area contributed by atoms with Crippen LogP contribution < -0.4 is 15.5 Å². The maximum Gasteiger partial charge on any atom is 0.323 e. The number of carbonyl (C=O) groups excluding carboxylic acids is 2. The molecule has 0 spiro atoms. The summed E-state index contributed by atoms with van der Waals surface area (Å²) in [4.78, 5) is 30.1. The van der Waals surface area contributed by atoms with Gasteiger partial charge in [-0.2, -0.15) is 0 Å². The Morgan fingerprint density at radius 1 is 1.34 bits per heavy atom. The van der Waals surface area contributed by atoms with E-state index < -0.39 is 6.10 Å². The van der Waals surface area contributed by atoms with Crippen molar-refractivity contribution in [2.45, 2.75) is 45.1 Å². The second kappa shape index (κ2) is 8.92. The zero-order chi connectivity index (χ0) is 21.0. The molecule has 8 heteroatoms. The topological polar surface area (TPSA) is 94.6 Å². The Labute approximate surface area is 175 Å². The van der Waals surface area contributed by atoms with E-state index in [1.807, 2.05) is 24.3 Å². The van der Waals surface area contributed by atoms with Gasteiger partial charge in [-0.05, 0) is 23.0 Å². The van der Waals surface area contributed by atoms with Gasteiger partial charge in [-0.1, -0.05) is 45.0 Å². The first-order valence-corrected chi connectivity index (χ1v) is 10.7. The highest BCUT2D eigenvalue weighted by atomic mass is 32.1. The van der Waals surface area contributed by atoms with Crippen molar-refractivity contribution in [3.8, 4) is 0 Å². The van der Waals surface area contributed by atoms with Crippen LogP contribution in [-0.2, 0) is 16.6 Å². The summed E-state index contributed by atoms with van der Waals surface area (Å²) < 4.78 is 0. The quantitative estimate of drug-likeness (QED) is 0.675. The highest BCUT2D eigenvalue weighted by molar-refractivity contribution is 7.14. The van der Waals surface area contributed by atoms with Crippen molar-refractivity contribution >= 4 is 28.4 Å². The normalized spacial score (nSPS) is 15.7. The summed E-state index contributed by atoms with van der Waals surface area (Å²) in [5, 5.41) is 18.3. The van der Waals surface area contributed by atoms with E-state index in [1.165, 1.54) is 16.9 Å². The first kappa shape index (κ1) is 21.3. The Balaban J connectivity index is 1.50. The number of rotatable bonds is 6. The average molecular weight is 417 g/mol. The Morgan fingerprint density at radius 2 is 2.07 bits per heavy atom. The summed E-state index contributed by atoms with van der Waals surface area (Å²) in [6.45, 7) is 7.86. The molecule has 0 saturated carbocycles. The number of hydrogen-bond donors (Lipinski definition) is 3. The van der Waals surface area contributed by atoms with Crippen LogP contribution in [0.25, 0.3) is 0 Å². The van der Waals surface area contributed by atoms with E-state index in [1.54, 1.807) is 10.3 Å². The fraction of sp³-hybridized carbons (Fsp3) is 0.476. The lowest BCUT2D eigenvalue weighted by molar-refractivity contribution is -0.120. The summed E-state index contributed by atoms with van der Waals surface area (Å²) in [5.41, 5.74) is 2.63.